The van der Waals surface area contributed by atoms with Crippen LogP contribution in [0.5, 0.6) is 5.88 Å². The maximum Gasteiger partial charge on any atom is 0.264 e. The molecule has 132 valence electrons. The lowest BCUT2D eigenvalue weighted by Crippen LogP contribution is -2.18. The van der Waals surface area contributed by atoms with Crippen molar-refractivity contribution in [1.29, 1.82) is 0 Å². The predicted molar refractivity (Wildman–Crippen MR) is 105 cm³/mol. The summed E-state index contributed by atoms with van der Waals surface area (Å²) in [6.45, 7) is 0. The SMILES string of the molecule is O=c1[nH]c(=S)n(-c2ccc(F)c(Cl)c2)c(O)c1C=Nc1ccccc1Br. The molecule has 1 heterocycles. The molecule has 9 heteroatoms. The summed E-state index contributed by atoms with van der Waals surface area (Å²) in [5, 5.41) is 10.4. The van der Waals surface area contributed by atoms with E-state index in [1.807, 2.05) is 6.07 Å². The first-order valence-electron chi connectivity index (χ1n) is 7.21. The molecule has 0 aliphatic carbocycles. The summed E-state index contributed by atoms with van der Waals surface area (Å²) in [6.07, 6.45) is 1.23. The van der Waals surface area contributed by atoms with Crippen molar-refractivity contribution in [2.75, 3.05) is 0 Å². The van der Waals surface area contributed by atoms with Crippen molar-refractivity contribution < 1.29 is 9.50 Å². The fraction of sp³-hybridized carbons (Fsp3) is 0. The molecule has 0 atom stereocenters. The molecule has 0 aliphatic rings. The fourth-order valence-electron chi connectivity index (χ4n) is 2.21. The largest absolute Gasteiger partial charge is 0.494 e. The van der Waals surface area contributed by atoms with Crippen LogP contribution >= 0.6 is 39.7 Å². The van der Waals surface area contributed by atoms with Gasteiger partial charge < -0.3 is 5.11 Å². The highest BCUT2D eigenvalue weighted by Gasteiger charge is 2.14. The van der Waals surface area contributed by atoms with Gasteiger partial charge in [-0.1, -0.05) is 23.7 Å². The number of hydrogen-bond donors (Lipinski definition) is 2. The Hall–Kier alpha value is -2.29. The van der Waals surface area contributed by atoms with Crippen molar-refractivity contribution in [3.63, 3.8) is 0 Å². The first kappa shape index (κ1) is 18.5. The Morgan fingerprint density at radius 2 is 2.04 bits per heavy atom. The van der Waals surface area contributed by atoms with Crippen LogP contribution in [0.15, 0.2) is 56.7 Å². The average molecular weight is 455 g/mol. The van der Waals surface area contributed by atoms with Crippen molar-refractivity contribution in [1.82, 2.24) is 9.55 Å². The zero-order valence-electron chi connectivity index (χ0n) is 12.9. The van der Waals surface area contributed by atoms with Crippen molar-refractivity contribution in [2.45, 2.75) is 0 Å². The summed E-state index contributed by atoms with van der Waals surface area (Å²) in [4.78, 5) is 18.8. The van der Waals surface area contributed by atoms with Gasteiger partial charge in [-0.15, -0.1) is 0 Å². The van der Waals surface area contributed by atoms with E-state index in [1.165, 1.54) is 22.9 Å². The number of halogens is 3. The summed E-state index contributed by atoms with van der Waals surface area (Å²) in [5.74, 6) is -1.04. The molecule has 0 fully saturated rings. The molecule has 0 aliphatic heterocycles. The Morgan fingerprint density at radius 1 is 1.31 bits per heavy atom. The molecule has 3 aromatic rings. The Morgan fingerprint density at radius 3 is 2.73 bits per heavy atom. The number of nitrogens with zero attached hydrogens (tertiary/aromatic N) is 2. The summed E-state index contributed by atoms with van der Waals surface area (Å²) < 4.78 is 15.2. The van der Waals surface area contributed by atoms with Gasteiger partial charge in [0.05, 0.1) is 16.4 Å². The topological polar surface area (TPSA) is 70.4 Å². The second-order valence-electron chi connectivity index (χ2n) is 5.14. The van der Waals surface area contributed by atoms with Crippen LogP contribution in [0.3, 0.4) is 0 Å². The molecule has 0 radical (unpaired) electrons. The Bertz CT molecular complexity index is 1140. The molecule has 26 heavy (non-hydrogen) atoms. The number of aliphatic imine (C=N–C) groups is 1. The Balaban J connectivity index is 2.16. The van der Waals surface area contributed by atoms with Gasteiger partial charge in [-0.25, -0.2) is 4.39 Å². The molecule has 0 saturated carbocycles. The summed E-state index contributed by atoms with van der Waals surface area (Å²) in [7, 11) is 0. The van der Waals surface area contributed by atoms with Gasteiger partial charge in [0.1, 0.15) is 11.4 Å². The summed E-state index contributed by atoms with van der Waals surface area (Å²) in [6, 6.07) is 11.0. The van der Waals surface area contributed by atoms with Crippen molar-refractivity contribution in [3.8, 4) is 11.6 Å². The highest BCUT2D eigenvalue weighted by Crippen LogP contribution is 2.26. The van der Waals surface area contributed by atoms with E-state index in [1.54, 1.807) is 18.2 Å². The highest BCUT2D eigenvalue weighted by atomic mass is 79.9. The van der Waals surface area contributed by atoms with Gasteiger partial charge in [0.25, 0.3) is 5.56 Å². The maximum atomic E-state index is 13.4. The third-order valence-electron chi connectivity index (χ3n) is 3.47. The molecule has 0 amide bonds. The number of rotatable bonds is 3. The number of aromatic amines is 1. The lowest BCUT2D eigenvalue weighted by molar-refractivity contribution is 0.432. The number of aromatic hydroxyl groups is 1. The third-order valence-corrected chi connectivity index (χ3v) is 4.71. The van der Waals surface area contributed by atoms with Gasteiger partial charge in [-0.05, 0) is 58.5 Å². The monoisotopic (exact) mass is 453 g/mol. The maximum absolute atomic E-state index is 13.4. The highest BCUT2D eigenvalue weighted by molar-refractivity contribution is 9.10. The fourth-order valence-corrected chi connectivity index (χ4v) is 3.06. The molecule has 0 spiro atoms. The van der Waals surface area contributed by atoms with Crippen LogP contribution in [-0.4, -0.2) is 20.9 Å². The lowest BCUT2D eigenvalue weighted by atomic mass is 10.2. The number of aromatic nitrogens is 2. The Kier molecular flexibility index (Phi) is 5.36. The van der Waals surface area contributed by atoms with Crippen LogP contribution in [0, 0.1) is 10.6 Å². The lowest BCUT2D eigenvalue weighted by Gasteiger charge is -2.11. The molecule has 2 aromatic carbocycles. The molecule has 0 bridgehead atoms. The summed E-state index contributed by atoms with van der Waals surface area (Å²) >= 11 is 14.2. The molecule has 0 unspecified atom stereocenters. The number of benzene rings is 2. The molecule has 0 saturated heterocycles. The van der Waals surface area contributed by atoms with E-state index >= 15 is 0 Å². The number of H-pyrrole nitrogens is 1. The van der Waals surface area contributed by atoms with Crippen LogP contribution in [0.2, 0.25) is 5.02 Å². The van der Waals surface area contributed by atoms with Gasteiger partial charge in [-0.3, -0.25) is 19.3 Å². The van der Waals surface area contributed by atoms with E-state index < -0.39 is 17.3 Å². The van der Waals surface area contributed by atoms with Crippen LogP contribution in [0.4, 0.5) is 10.1 Å². The first-order chi connectivity index (χ1) is 12.4. The van der Waals surface area contributed by atoms with Crippen LogP contribution < -0.4 is 5.56 Å². The van der Waals surface area contributed by atoms with Crippen LogP contribution in [0.25, 0.3) is 5.69 Å². The minimum Gasteiger partial charge on any atom is -0.494 e. The van der Waals surface area contributed by atoms with Gasteiger partial charge in [0.15, 0.2) is 4.77 Å². The van der Waals surface area contributed by atoms with Crippen molar-refractivity contribution >= 4 is 51.7 Å². The van der Waals surface area contributed by atoms with Crippen molar-refractivity contribution in [3.05, 3.63) is 78.5 Å². The minimum absolute atomic E-state index is 0.0618. The molecule has 2 N–H and O–H groups in total. The number of hydrogen-bond acceptors (Lipinski definition) is 4. The first-order valence-corrected chi connectivity index (χ1v) is 8.78. The number of nitrogens with one attached hydrogen (secondary N) is 1. The zero-order chi connectivity index (χ0) is 18.8. The normalized spacial score (nSPS) is 11.2. The zero-order valence-corrected chi connectivity index (χ0v) is 16.1. The van der Waals surface area contributed by atoms with Crippen LogP contribution in [0.1, 0.15) is 5.56 Å². The van der Waals surface area contributed by atoms with Gasteiger partial charge in [0, 0.05) is 10.7 Å². The van der Waals surface area contributed by atoms with E-state index in [4.69, 9.17) is 23.8 Å². The van der Waals surface area contributed by atoms with E-state index in [-0.39, 0.29) is 15.4 Å². The summed E-state index contributed by atoms with van der Waals surface area (Å²) in [5.41, 5.74) is 0.165. The molecular weight excluding hydrogens is 445 g/mol. The smallest absolute Gasteiger partial charge is 0.264 e. The second kappa shape index (κ2) is 7.53. The minimum atomic E-state index is -0.610. The molecule has 1 aromatic heterocycles. The average Bonchev–Trinajstić information content (AvgIpc) is 2.59. The van der Waals surface area contributed by atoms with Gasteiger partial charge >= 0.3 is 0 Å². The van der Waals surface area contributed by atoms with Gasteiger partial charge in [0.2, 0.25) is 5.88 Å². The third kappa shape index (κ3) is 3.62. The van der Waals surface area contributed by atoms with E-state index in [9.17, 15) is 14.3 Å². The van der Waals surface area contributed by atoms with E-state index in [2.05, 4.69) is 25.9 Å². The van der Waals surface area contributed by atoms with E-state index in [0.29, 0.717) is 11.4 Å². The quantitative estimate of drug-likeness (QED) is 0.436. The number of para-hydroxylation sites is 1. The van der Waals surface area contributed by atoms with Gasteiger partial charge in [-0.2, -0.15) is 0 Å². The second-order valence-corrected chi connectivity index (χ2v) is 6.79. The molecule has 5 nitrogen and oxygen atoms in total. The predicted octanol–water partition coefficient (Wildman–Crippen LogP) is 4.91. The van der Waals surface area contributed by atoms with E-state index in [0.717, 1.165) is 10.5 Å². The Labute approximate surface area is 165 Å². The molecular formula is C17H10BrClFN3O2S. The van der Waals surface area contributed by atoms with Crippen LogP contribution in [-0.2, 0) is 0 Å². The standard InChI is InChI=1S/C17H10BrClFN3O2S/c18-11-3-1-2-4-14(11)21-8-10-15(24)22-17(26)23(16(10)25)9-5-6-13(20)12(19)7-9/h1-8,25H,(H,22,24,26). The molecule has 3 rings (SSSR count). The van der Waals surface area contributed by atoms with Crippen molar-refractivity contribution in [2.24, 2.45) is 4.99 Å².